The van der Waals surface area contributed by atoms with Gasteiger partial charge in [0, 0.05) is 25.0 Å². The molecular weight excluding hydrogens is 340 g/mol. The van der Waals surface area contributed by atoms with E-state index < -0.39 is 0 Å². The number of piperidine rings is 1. The van der Waals surface area contributed by atoms with Gasteiger partial charge < -0.3 is 15.0 Å². The maximum absolute atomic E-state index is 12.6. The molecule has 3 aliphatic rings. The predicted molar refractivity (Wildman–Crippen MR) is 103 cm³/mol. The molecule has 1 aromatic rings. The van der Waals surface area contributed by atoms with E-state index in [9.17, 15) is 9.59 Å². The summed E-state index contributed by atoms with van der Waals surface area (Å²) in [5.74, 6) is 2.87. The number of hydrogen-bond acceptors (Lipinski definition) is 3. The fourth-order valence-electron chi connectivity index (χ4n) is 5.22. The third-order valence-electron chi connectivity index (χ3n) is 6.76. The Balaban J connectivity index is 1.23. The van der Waals surface area contributed by atoms with E-state index in [-0.39, 0.29) is 23.8 Å². The number of nitrogens with one attached hydrogen (secondary N) is 1. The molecule has 3 atom stereocenters. The maximum atomic E-state index is 12.6. The van der Waals surface area contributed by atoms with Gasteiger partial charge in [0.1, 0.15) is 5.75 Å². The molecule has 0 radical (unpaired) electrons. The maximum Gasteiger partial charge on any atom is 0.226 e. The second kappa shape index (κ2) is 7.91. The number of likely N-dealkylation sites (tertiary alicyclic amines) is 1. The van der Waals surface area contributed by atoms with Crippen molar-refractivity contribution in [3.05, 3.63) is 29.8 Å². The molecule has 0 aromatic heterocycles. The lowest BCUT2D eigenvalue weighted by Crippen LogP contribution is -2.48. The molecule has 3 fully saturated rings. The first-order chi connectivity index (χ1) is 13.1. The molecule has 2 saturated carbocycles. The smallest absolute Gasteiger partial charge is 0.226 e. The van der Waals surface area contributed by atoms with E-state index in [4.69, 9.17) is 4.74 Å². The number of fused-ring (bicyclic) bond motifs is 2. The molecule has 5 heteroatoms. The summed E-state index contributed by atoms with van der Waals surface area (Å²) in [6.07, 6.45) is 7.03. The van der Waals surface area contributed by atoms with E-state index in [1.54, 1.807) is 7.11 Å². The standard InChI is InChI=1S/C22H30N2O3/c1-27-19-4-2-3-15(12-19)14-21(25)24-9-7-18(8-10-24)23-22(26)20-13-16-5-6-17(20)11-16/h2-4,12,16-18,20H,5-11,13-14H2,1H3,(H,23,26). The topological polar surface area (TPSA) is 58.6 Å². The van der Waals surface area contributed by atoms with Gasteiger partial charge >= 0.3 is 0 Å². The average molecular weight is 370 g/mol. The van der Waals surface area contributed by atoms with Gasteiger partial charge in [-0.1, -0.05) is 18.6 Å². The number of methoxy groups -OCH3 is 1. The Bertz CT molecular complexity index is 697. The van der Waals surface area contributed by atoms with Crippen LogP contribution in [0.15, 0.2) is 24.3 Å². The Labute approximate surface area is 161 Å². The van der Waals surface area contributed by atoms with Crippen LogP contribution < -0.4 is 10.1 Å². The van der Waals surface area contributed by atoms with Crippen LogP contribution in [0, 0.1) is 17.8 Å². The Morgan fingerprint density at radius 1 is 1.15 bits per heavy atom. The summed E-state index contributed by atoms with van der Waals surface area (Å²) in [5, 5.41) is 3.28. The van der Waals surface area contributed by atoms with Crippen molar-refractivity contribution in [2.75, 3.05) is 20.2 Å². The largest absolute Gasteiger partial charge is 0.497 e. The summed E-state index contributed by atoms with van der Waals surface area (Å²) >= 11 is 0. The van der Waals surface area contributed by atoms with E-state index in [1.807, 2.05) is 29.2 Å². The van der Waals surface area contributed by atoms with Crippen molar-refractivity contribution >= 4 is 11.8 Å². The lowest BCUT2D eigenvalue weighted by atomic mass is 9.87. The van der Waals surface area contributed by atoms with Gasteiger partial charge in [-0.3, -0.25) is 9.59 Å². The molecule has 27 heavy (non-hydrogen) atoms. The monoisotopic (exact) mass is 370 g/mol. The highest BCUT2D eigenvalue weighted by Crippen LogP contribution is 2.48. The third kappa shape index (κ3) is 4.12. The number of carbonyl (C=O) groups excluding carboxylic acids is 2. The number of rotatable bonds is 5. The van der Waals surface area contributed by atoms with E-state index in [1.165, 1.54) is 19.3 Å². The summed E-state index contributed by atoms with van der Waals surface area (Å²) in [4.78, 5) is 27.1. The molecule has 2 amide bonds. The quantitative estimate of drug-likeness (QED) is 0.867. The van der Waals surface area contributed by atoms with Gasteiger partial charge in [0.25, 0.3) is 0 Å². The first-order valence-electron chi connectivity index (χ1n) is 10.3. The van der Waals surface area contributed by atoms with E-state index in [2.05, 4.69) is 5.32 Å². The first-order valence-corrected chi connectivity index (χ1v) is 10.3. The van der Waals surface area contributed by atoms with Crippen LogP contribution in [-0.2, 0) is 16.0 Å². The summed E-state index contributed by atoms with van der Waals surface area (Å²) < 4.78 is 5.23. The van der Waals surface area contributed by atoms with Crippen LogP contribution in [0.2, 0.25) is 0 Å². The molecule has 4 rings (SSSR count). The van der Waals surface area contributed by atoms with Crippen LogP contribution in [0.1, 0.15) is 44.1 Å². The zero-order valence-electron chi connectivity index (χ0n) is 16.2. The molecule has 1 heterocycles. The zero-order chi connectivity index (χ0) is 18.8. The fraction of sp³-hybridized carbons (Fsp3) is 0.636. The van der Waals surface area contributed by atoms with E-state index in [0.717, 1.165) is 49.6 Å². The normalized spacial score (nSPS) is 27.6. The van der Waals surface area contributed by atoms with Crippen molar-refractivity contribution in [3.63, 3.8) is 0 Å². The lowest BCUT2D eigenvalue weighted by molar-refractivity contribution is -0.132. The van der Waals surface area contributed by atoms with Crippen molar-refractivity contribution in [1.82, 2.24) is 10.2 Å². The summed E-state index contributed by atoms with van der Waals surface area (Å²) in [5.41, 5.74) is 0.978. The molecule has 3 unspecified atom stereocenters. The van der Waals surface area contributed by atoms with Crippen molar-refractivity contribution in [3.8, 4) is 5.75 Å². The molecule has 1 saturated heterocycles. The molecule has 0 spiro atoms. The molecular formula is C22H30N2O3. The van der Waals surface area contributed by atoms with Gasteiger partial charge in [0.05, 0.1) is 13.5 Å². The number of nitrogens with zero attached hydrogens (tertiary/aromatic N) is 1. The highest BCUT2D eigenvalue weighted by Gasteiger charge is 2.43. The Morgan fingerprint density at radius 3 is 2.63 bits per heavy atom. The van der Waals surface area contributed by atoms with Gasteiger partial charge in [-0.25, -0.2) is 0 Å². The van der Waals surface area contributed by atoms with E-state index in [0.29, 0.717) is 12.3 Å². The van der Waals surface area contributed by atoms with E-state index >= 15 is 0 Å². The molecule has 1 aliphatic heterocycles. The molecule has 146 valence electrons. The Hall–Kier alpha value is -2.04. The second-order valence-electron chi connectivity index (χ2n) is 8.47. The number of ether oxygens (including phenoxy) is 1. The van der Waals surface area contributed by atoms with Crippen LogP contribution >= 0.6 is 0 Å². The third-order valence-corrected chi connectivity index (χ3v) is 6.76. The molecule has 1 aromatic carbocycles. The Morgan fingerprint density at radius 2 is 1.96 bits per heavy atom. The van der Waals surface area contributed by atoms with Crippen molar-refractivity contribution in [2.45, 2.75) is 51.0 Å². The molecule has 1 N–H and O–H groups in total. The van der Waals surface area contributed by atoms with Gasteiger partial charge in [-0.15, -0.1) is 0 Å². The van der Waals surface area contributed by atoms with Crippen molar-refractivity contribution in [2.24, 2.45) is 17.8 Å². The van der Waals surface area contributed by atoms with Crippen LogP contribution in [0.4, 0.5) is 0 Å². The van der Waals surface area contributed by atoms with Gasteiger partial charge in [-0.2, -0.15) is 0 Å². The second-order valence-corrected chi connectivity index (χ2v) is 8.47. The minimum Gasteiger partial charge on any atom is -0.497 e. The van der Waals surface area contributed by atoms with Crippen LogP contribution in [0.25, 0.3) is 0 Å². The molecule has 2 bridgehead atoms. The average Bonchev–Trinajstić information content (AvgIpc) is 3.32. The van der Waals surface area contributed by atoms with Crippen LogP contribution in [0.5, 0.6) is 5.75 Å². The van der Waals surface area contributed by atoms with Gasteiger partial charge in [-0.05, 0) is 61.6 Å². The SMILES string of the molecule is COc1cccc(CC(=O)N2CCC(NC(=O)C3CC4CCC3C4)CC2)c1. The van der Waals surface area contributed by atoms with Crippen LogP contribution in [-0.4, -0.2) is 43.0 Å². The molecule has 5 nitrogen and oxygen atoms in total. The molecule has 2 aliphatic carbocycles. The lowest BCUT2D eigenvalue weighted by Gasteiger charge is -2.33. The number of amides is 2. The van der Waals surface area contributed by atoms with Gasteiger partial charge in [0.15, 0.2) is 0 Å². The van der Waals surface area contributed by atoms with Crippen molar-refractivity contribution in [1.29, 1.82) is 0 Å². The minimum atomic E-state index is 0.154. The Kier molecular flexibility index (Phi) is 5.37. The number of benzene rings is 1. The predicted octanol–water partition coefficient (Wildman–Crippen LogP) is 2.78. The summed E-state index contributed by atoms with van der Waals surface area (Å²) in [6, 6.07) is 7.90. The van der Waals surface area contributed by atoms with Gasteiger partial charge in [0.2, 0.25) is 11.8 Å². The highest BCUT2D eigenvalue weighted by molar-refractivity contribution is 5.80. The number of carbonyl (C=O) groups is 2. The summed E-state index contributed by atoms with van der Waals surface area (Å²) in [6.45, 7) is 1.45. The van der Waals surface area contributed by atoms with Crippen LogP contribution in [0.3, 0.4) is 0 Å². The number of hydrogen-bond donors (Lipinski definition) is 1. The first kappa shape index (κ1) is 18.3. The minimum absolute atomic E-state index is 0.154. The highest BCUT2D eigenvalue weighted by atomic mass is 16.5. The fourth-order valence-corrected chi connectivity index (χ4v) is 5.22. The summed E-state index contributed by atoms with van der Waals surface area (Å²) in [7, 11) is 1.64. The zero-order valence-corrected chi connectivity index (χ0v) is 16.2. The van der Waals surface area contributed by atoms with Crippen molar-refractivity contribution < 1.29 is 14.3 Å².